The van der Waals surface area contributed by atoms with Gasteiger partial charge in [-0.05, 0) is 24.6 Å². The van der Waals surface area contributed by atoms with Crippen LogP contribution in [0.3, 0.4) is 0 Å². The summed E-state index contributed by atoms with van der Waals surface area (Å²) in [5.41, 5.74) is -0.551. The Labute approximate surface area is 119 Å². The smallest absolute Gasteiger partial charge is 0.395 e. The van der Waals surface area contributed by atoms with Gasteiger partial charge in [-0.2, -0.15) is 13.2 Å². The van der Waals surface area contributed by atoms with Crippen molar-refractivity contribution in [1.29, 1.82) is 0 Å². The number of rotatable bonds is 6. The van der Waals surface area contributed by atoms with Gasteiger partial charge < -0.3 is 10.0 Å². The van der Waals surface area contributed by atoms with Gasteiger partial charge in [0.15, 0.2) is 0 Å². The standard InChI is InChI=1S/C13H17BrF3NO/c1-2-3-6-18(7-8-19)12-9-10(14)4-5-11(12)13(15,16)17/h4-5,9,19H,2-3,6-8H2,1H3. The number of unbranched alkanes of at least 4 members (excludes halogenated alkanes) is 1. The number of aliphatic hydroxyl groups excluding tert-OH is 1. The van der Waals surface area contributed by atoms with Gasteiger partial charge in [0.2, 0.25) is 0 Å². The quantitative estimate of drug-likeness (QED) is 0.844. The van der Waals surface area contributed by atoms with Gasteiger partial charge in [0, 0.05) is 17.6 Å². The first-order valence-corrected chi connectivity index (χ1v) is 6.92. The predicted molar refractivity (Wildman–Crippen MR) is 73.4 cm³/mol. The molecule has 0 amide bonds. The average molecular weight is 340 g/mol. The number of benzene rings is 1. The van der Waals surface area contributed by atoms with Crippen molar-refractivity contribution in [3.63, 3.8) is 0 Å². The molecular weight excluding hydrogens is 323 g/mol. The Morgan fingerprint density at radius 2 is 1.95 bits per heavy atom. The minimum absolute atomic E-state index is 0.115. The van der Waals surface area contributed by atoms with Crippen LogP contribution >= 0.6 is 15.9 Å². The van der Waals surface area contributed by atoms with Gasteiger partial charge in [-0.15, -0.1) is 0 Å². The van der Waals surface area contributed by atoms with E-state index >= 15 is 0 Å². The summed E-state index contributed by atoms with van der Waals surface area (Å²) in [5, 5.41) is 9.03. The van der Waals surface area contributed by atoms with Gasteiger partial charge in [-0.3, -0.25) is 0 Å². The molecule has 0 atom stereocenters. The molecule has 0 aliphatic heterocycles. The summed E-state index contributed by atoms with van der Waals surface area (Å²) in [6.45, 7) is 2.49. The van der Waals surface area contributed by atoms with E-state index in [2.05, 4.69) is 15.9 Å². The average Bonchev–Trinajstić information content (AvgIpc) is 2.32. The molecule has 0 saturated heterocycles. The third-order valence-corrected chi connectivity index (χ3v) is 3.25. The summed E-state index contributed by atoms with van der Waals surface area (Å²) in [6, 6.07) is 3.90. The van der Waals surface area contributed by atoms with E-state index in [1.165, 1.54) is 12.1 Å². The fourth-order valence-corrected chi connectivity index (χ4v) is 2.18. The molecule has 0 aromatic heterocycles. The maximum absolute atomic E-state index is 13.0. The zero-order valence-electron chi connectivity index (χ0n) is 10.7. The third kappa shape index (κ3) is 4.69. The fraction of sp³-hybridized carbons (Fsp3) is 0.538. The molecule has 6 heteroatoms. The number of halogens is 4. The van der Waals surface area contributed by atoms with Crippen molar-refractivity contribution in [1.82, 2.24) is 0 Å². The summed E-state index contributed by atoms with van der Waals surface area (Å²) >= 11 is 3.19. The van der Waals surface area contributed by atoms with Crippen molar-refractivity contribution in [3.05, 3.63) is 28.2 Å². The van der Waals surface area contributed by atoms with E-state index in [4.69, 9.17) is 5.11 Å². The number of hydrogen-bond donors (Lipinski definition) is 1. The Bertz CT molecular complexity index is 409. The topological polar surface area (TPSA) is 23.5 Å². The van der Waals surface area contributed by atoms with Crippen molar-refractivity contribution >= 4 is 21.6 Å². The summed E-state index contributed by atoms with van der Waals surface area (Å²) in [5.74, 6) is 0. The molecule has 0 bridgehead atoms. The molecule has 1 N–H and O–H groups in total. The van der Waals surface area contributed by atoms with E-state index in [1.807, 2.05) is 6.92 Å². The highest BCUT2D eigenvalue weighted by atomic mass is 79.9. The monoisotopic (exact) mass is 339 g/mol. The van der Waals surface area contributed by atoms with Gasteiger partial charge in [-0.1, -0.05) is 29.3 Å². The third-order valence-electron chi connectivity index (χ3n) is 2.76. The predicted octanol–water partition coefficient (Wildman–Crippen LogP) is 4.07. The molecule has 0 fully saturated rings. The molecule has 0 aliphatic carbocycles. The largest absolute Gasteiger partial charge is 0.418 e. The van der Waals surface area contributed by atoms with Crippen molar-refractivity contribution in [3.8, 4) is 0 Å². The molecule has 1 aromatic carbocycles. The molecule has 108 valence electrons. The number of alkyl halides is 3. The molecule has 0 radical (unpaired) electrons. The highest BCUT2D eigenvalue weighted by Gasteiger charge is 2.34. The number of aliphatic hydroxyl groups is 1. The Morgan fingerprint density at radius 1 is 1.26 bits per heavy atom. The van der Waals surface area contributed by atoms with Crippen LogP contribution in [0.5, 0.6) is 0 Å². The molecule has 1 rings (SSSR count). The van der Waals surface area contributed by atoms with Crippen LogP contribution < -0.4 is 4.90 Å². The summed E-state index contributed by atoms with van der Waals surface area (Å²) in [4.78, 5) is 1.58. The van der Waals surface area contributed by atoms with Gasteiger partial charge in [0.05, 0.1) is 17.9 Å². The van der Waals surface area contributed by atoms with E-state index in [1.54, 1.807) is 4.90 Å². The van der Waals surface area contributed by atoms with Crippen molar-refractivity contribution in [2.75, 3.05) is 24.6 Å². The number of anilines is 1. The molecule has 0 spiro atoms. The second-order valence-electron chi connectivity index (χ2n) is 4.22. The lowest BCUT2D eigenvalue weighted by atomic mass is 10.1. The Balaban J connectivity index is 3.15. The normalized spacial score (nSPS) is 11.7. The molecular formula is C13H17BrF3NO. The first-order valence-electron chi connectivity index (χ1n) is 6.12. The second-order valence-corrected chi connectivity index (χ2v) is 5.14. The van der Waals surface area contributed by atoms with E-state index < -0.39 is 11.7 Å². The van der Waals surface area contributed by atoms with Gasteiger partial charge in [0.1, 0.15) is 0 Å². The van der Waals surface area contributed by atoms with Crippen LogP contribution in [-0.4, -0.2) is 24.8 Å². The molecule has 1 aromatic rings. The molecule has 19 heavy (non-hydrogen) atoms. The summed E-state index contributed by atoms with van der Waals surface area (Å²) in [7, 11) is 0. The van der Waals surface area contributed by atoms with E-state index in [-0.39, 0.29) is 18.8 Å². The van der Waals surface area contributed by atoms with Crippen molar-refractivity contribution in [2.45, 2.75) is 25.9 Å². The van der Waals surface area contributed by atoms with E-state index in [9.17, 15) is 13.2 Å². The maximum atomic E-state index is 13.0. The van der Waals surface area contributed by atoms with Gasteiger partial charge in [0.25, 0.3) is 0 Å². The van der Waals surface area contributed by atoms with Crippen LogP contribution in [0.2, 0.25) is 0 Å². The highest BCUT2D eigenvalue weighted by molar-refractivity contribution is 9.10. The summed E-state index contributed by atoms with van der Waals surface area (Å²) < 4.78 is 39.6. The molecule has 0 saturated carbocycles. The number of hydrogen-bond acceptors (Lipinski definition) is 2. The second kappa shape index (κ2) is 7.14. The molecule has 0 aliphatic rings. The highest BCUT2D eigenvalue weighted by Crippen LogP contribution is 2.38. The van der Waals surface area contributed by atoms with Crippen LogP contribution in [0.4, 0.5) is 18.9 Å². The lowest BCUT2D eigenvalue weighted by molar-refractivity contribution is -0.137. The minimum Gasteiger partial charge on any atom is -0.395 e. The molecule has 0 unspecified atom stereocenters. The number of nitrogens with zero attached hydrogens (tertiary/aromatic N) is 1. The van der Waals surface area contributed by atoms with Gasteiger partial charge in [-0.25, -0.2) is 0 Å². The molecule has 0 heterocycles. The van der Waals surface area contributed by atoms with Crippen molar-refractivity contribution < 1.29 is 18.3 Å². The zero-order chi connectivity index (χ0) is 14.5. The van der Waals surface area contributed by atoms with Crippen molar-refractivity contribution in [2.24, 2.45) is 0 Å². The van der Waals surface area contributed by atoms with E-state index in [0.29, 0.717) is 11.0 Å². The molecule has 2 nitrogen and oxygen atoms in total. The Hall–Kier alpha value is -0.750. The zero-order valence-corrected chi connectivity index (χ0v) is 12.3. The van der Waals surface area contributed by atoms with Crippen LogP contribution in [0.1, 0.15) is 25.3 Å². The Kier molecular flexibility index (Phi) is 6.13. The first kappa shape index (κ1) is 16.3. The summed E-state index contributed by atoms with van der Waals surface area (Å²) in [6.07, 6.45) is -2.73. The SMILES string of the molecule is CCCCN(CCO)c1cc(Br)ccc1C(F)(F)F. The van der Waals surface area contributed by atoms with Gasteiger partial charge >= 0.3 is 6.18 Å². The lowest BCUT2D eigenvalue weighted by Crippen LogP contribution is -2.30. The van der Waals surface area contributed by atoms with Crippen LogP contribution in [0.25, 0.3) is 0 Å². The van der Waals surface area contributed by atoms with E-state index in [0.717, 1.165) is 18.9 Å². The lowest BCUT2D eigenvalue weighted by Gasteiger charge is -2.27. The van der Waals surface area contributed by atoms with Crippen LogP contribution in [0.15, 0.2) is 22.7 Å². The van der Waals surface area contributed by atoms with Crippen LogP contribution in [-0.2, 0) is 6.18 Å². The Morgan fingerprint density at radius 3 is 2.47 bits per heavy atom. The maximum Gasteiger partial charge on any atom is 0.418 e. The first-order chi connectivity index (χ1) is 8.90. The minimum atomic E-state index is -4.39. The fourth-order valence-electron chi connectivity index (χ4n) is 1.83. The van der Waals surface area contributed by atoms with Crippen LogP contribution in [0, 0.1) is 0 Å².